The summed E-state index contributed by atoms with van der Waals surface area (Å²) in [6, 6.07) is 10.4. The Morgan fingerprint density at radius 2 is 1.85 bits per heavy atom. The second kappa shape index (κ2) is 8.12. The van der Waals surface area contributed by atoms with E-state index < -0.39 is 0 Å². The van der Waals surface area contributed by atoms with Crippen LogP contribution in [-0.2, 0) is 11.3 Å². The molecule has 4 rings (SSSR count). The highest BCUT2D eigenvalue weighted by atomic mass is 32.1. The molecule has 7 heteroatoms. The Labute approximate surface area is 163 Å². The first-order chi connectivity index (χ1) is 13.2. The van der Waals surface area contributed by atoms with Gasteiger partial charge in [-0.05, 0) is 37.6 Å². The molecule has 0 unspecified atom stereocenters. The van der Waals surface area contributed by atoms with Gasteiger partial charge in [0.15, 0.2) is 0 Å². The highest BCUT2D eigenvalue weighted by Crippen LogP contribution is 2.28. The van der Waals surface area contributed by atoms with Crippen LogP contribution in [0.1, 0.15) is 16.3 Å². The van der Waals surface area contributed by atoms with E-state index in [1.165, 1.54) is 5.56 Å². The van der Waals surface area contributed by atoms with Gasteiger partial charge in [0.1, 0.15) is 0 Å². The maximum absolute atomic E-state index is 5.40. The van der Waals surface area contributed by atoms with Gasteiger partial charge >= 0.3 is 0 Å². The van der Waals surface area contributed by atoms with Gasteiger partial charge in [0.05, 0.1) is 34.5 Å². The largest absolute Gasteiger partial charge is 0.379 e. The highest BCUT2D eigenvalue weighted by molar-refractivity contribution is 7.15. The minimum absolute atomic E-state index is 0.596. The molecule has 1 aromatic carbocycles. The molecule has 0 amide bonds. The fourth-order valence-corrected chi connectivity index (χ4v) is 4.04. The van der Waals surface area contributed by atoms with Crippen LogP contribution in [0.4, 0.5) is 11.6 Å². The Hall–Kier alpha value is -2.35. The number of thiazole rings is 1. The molecule has 3 heterocycles. The zero-order chi connectivity index (χ0) is 18.6. The van der Waals surface area contributed by atoms with Crippen molar-refractivity contribution in [2.75, 3.05) is 31.6 Å². The van der Waals surface area contributed by atoms with E-state index in [2.05, 4.69) is 49.4 Å². The van der Waals surface area contributed by atoms with Crippen molar-refractivity contribution in [3.63, 3.8) is 0 Å². The summed E-state index contributed by atoms with van der Waals surface area (Å²) in [6.45, 7) is 8.63. The molecule has 0 bridgehead atoms. The average molecular weight is 382 g/mol. The molecule has 2 aromatic heterocycles. The Morgan fingerprint density at radius 3 is 2.56 bits per heavy atom. The number of nitrogens with zero attached hydrogens (tertiary/aromatic N) is 4. The number of aryl methyl sites for hydroxylation is 2. The molecule has 1 aliphatic rings. The van der Waals surface area contributed by atoms with Crippen molar-refractivity contribution < 1.29 is 4.74 Å². The van der Waals surface area contributed by atoms with Gasteiger partial charge in [-0.25, -0.2) is 15.0 Å². The zero-order valence-corrected chi connectivity index (χ0v) is 16.4. The maximum atomic E-state index is 5.40. The quantitative estimate of drug-likeness (QED) is 0.725. The molecule has 0 saturated carbocycles. The van der Waals surface area contributed by atoms with E-state index in [4.69, 9.17) is 4.74 Å². The second-order valence-corrected chi connectivity index (χ2v) is 7.83. The highest BCUT2D eigenvalue weighted by Gasteiger charge is 2.12. The molecule has 1 fully saturated rings. The van der Waals surface area contributed by atoms with Gasteiger partial charge in [0.2, 0.25) is 5.95 Å². The molecule has 0 spiro atoms. The van der Waals surface area contributed by atoms with Crippen molar-refractivity contribution in [2.24, 2.45) is 0 Å². The molecule has 27 heavy (non-hydrogen) atoms. The standard InChI is InChI=1S/C20H23N5OS/c1-14-19(27-15(2)22-14)18-7-8-21-20(24-18)23-17-5-3-16(4-6-17)13-25-9-11-26-12-10-25/h3-8H,9-13H2,1-2H3,(H,21,23,24). The van der Waals surface area contributed by atoms with E-state index in [1.54, 1.807) is 17.5 Å². The van der Waals surface area contributed by atoms with Gasteiger partial charge in [-0.15, -0.1) is 11.3 Å². The van der Waals surface area contributed by atoms with E-state index in [1.807, 2.05) is 19.9 Å². The van der Waals surface area contributed by atoms with Crippen LogP contribution in [-0.4, -0.2) is 46.2 Å². The van der Waals surface area contributed by atoms with Crippen LogP contribution < -0.4 is 5.32 Å². The Kier molecular flexibility index (Phi) is 5.42. The third kappa shape index (κ3) is 4.50. The van der Waals surface area contributed by atoms with Crippen molar-refractivity contribution in [3.8, 4) is 10.6 Å². The van der Waals surface area contributed by atoms with Gasteiger partial charge in [0.25, 0.3) is 0 Å². The number of benzene rings is 1. The number of hydrogen-bond acceptors (Lipinski definition) is 7. The van der Waals surface area contributed by atoms with Crippen molar-refractivity contribution in [2.45, 2.75) is 20.4 Å². The lowest BCUT2D eigenvalue weighted by Crippen LogP contribution is -2.35. The fraction of sp³-hybridized carbons (Fsp3) is 0.350. The van der Waals surface area contributed by atoms with Crippen molar-refractivity contribution >= 4 is 23.0 Å². The normalized spacial score (nSPS) is 15.0. The van der Waals surface area contributed by atoms with E-state index in [-0.39, 0.29) is 0 Å². The van der Waals surface area contributed by atoms with Gasteiger partial charge in [-0.2, -0.15) is 0 Å². The first kappa shape index (κ1) is 18.0. The number of anilines is 2. The van der Waals surface area contributed by atoms with E-state index in [0.717, 1.165) is 59.8 Å². The van der Waals surface area contributed by atoms with Crippen LogP contribution in [0.2, 0.25) is 0 Å². The molecule has 1 aliphatic heterocycles. The van der Waals surface area contributed by atoms with Crippen LogP contribution in [0.25, 0.3) is 10.6 Å². The SMILES string of the molecule is Cc1nc(C)c(-c2ccnc(Nc3ccc(CN4CCOCC4)cc3)n2)s1. The minimum atomic E-state index is 0.596. The summed E-state index contributed by atoms with van der Waals surface area (Å²) >= 11 is 1.66. The summed E-state index contributed by atoms with van der Waals surface area (Å²) in [7, 11) is 0. The number of aromatic nitrogens is 3. The summed E-state index contributed by atoms with van der Waals surface area (Å²) in [5, 5.41) is 4.35. The predicted octanol–water partition coefficient (Wildman–Crippen LogP) is 3.79. The number of ether oxygens (including phenoxy) is 1. The van der Waals surface area contributed by atoms with Gasteiger partial charge < -0.3 is 10.1 Å². The third-order valence-corrected chi connectivity index (χ3v) is 5.61. The van der Waals surface area contributed by atoms with Crippen LogP contribution in [0.15, 0.2) is 36.5 Å². The lowest BCUT2D eigenvalue weighted by Gasteiger charge is -2.26. The number of nitrogens with one attached hydrogen (secondary N) is 1. The Bertz CT molecular complexity index is 903. The van der Waals surface area contributed by atoms with Gasteiger partial charge in [-0.1, -0.05) is 12.1 Å². The van der Waals surface area contributed by atoms with Crippen molar-refractivity contribution in [3.05, 3.63) is 52.8 Å². The topological polar surface area (TPSA) is 63.2 Å². The lowest BCUT2D eigenvalue weighted by atomic mass is 10.2. The summed E-state index contributed by atoms with van der Waals surface area (Å²) < 4.78 is 5.40. The third-order valence-electron chi connectivity index (χ3n) is 4.51. The number of morpholine rings is 1. The number of hydrogen-bond donors (Lipinski definition) is 1. The zero-order valence-electron chi connectivity index (χ0n) is 15.6. The maximum Gasteiger partial charge on any atom is 0.227 e. The molecular formula is C20H23N5OS. The molecule has 1 N–H and O–H groups in total. The Morgan fingerprint density at radius 1 is 1.07 bits per heavy atom. The van der Waals surface area contributed by atoms with Crippen LogP contribution in [0.5, 0.6) is 0 Å². The molecule has 3 aromatic rings. The molecule has 1 saturated heterocycles. The van der Waals surface area contributed by atoms with Gasteiger partial charge in [0, 0.05) is 31.5 Å². The predicted molar refractivity (Wildman–Crippen MR) is 108 cm³/mol. The minimum Gasteiger partial charge on any atom is -0.379 e. The molecule has 140 valence electrons. The smallest absolute Gasteiger partial charge is 0.227 e. The molecule has 0 radical (unpaired) electrons. The monoisotopic (exact) mass is 381 g/mol. The molecule has 0 atom stereocenters. The van der Waals surface area contributed by atoms with E-state index in [0.29, 0.717) is 5.95 Å². The number of rotatable bonds is 5. The van der Waals surface area contributed by atoms with Gasteiger partial charge in [-0.3, -0.25) is 4.90 Å². The molecule has 6 nitrogen and oxygen atoms in total. The van der Waals surface area contributed by atoms with Crippen molar-refractivity contribution in [1.82, 2.24) is 19.9 Å². The van der Waals surface area contributed by atoms with Crippen LogP contribution >= 0.6 is 11.3 Å². The van der Waals surface area contributed by atoms with Crippen LogP contribution in [0, 0.1) is 13.8 Å². The molecular weight excluding hydrogens is 358 g/mol. The lowest BCUT2D eigenvalue weighted by molar-refractivity contribution is 0.0342. The summed E-state index contributed by atoms with van der Waals surface area (Å²) in [6.07, 6.45) is 1.78. The summed E-state index contributed by atoms with van der Waals surface area (Å²) in [4.78, 5) is 17.0. The van der Waals surface area contributed by atoms with E-state index >= 15 is 0 Å². The van der Waals surface area contributed by atoms with Crippen LogP contribution in [0.3, 0.4) is 0 Å². The molecule has 0 aliphatic carbocycles. The first-order valence-corrected chi connectivity index (χ1v) is 9.92. The Balaban J connectivity index is 1.44. The average Bonchev–Trinajstić information content (AvgIpc) is 3.03. The van der Waals surface area contributed by atoms with Crippen molar-refractivity contribution in [1.29, 1.82) is 0 Å². The summed E-state index contributed by atoms with van der Waals surface area (Å²) in [5.74, 6) is 0.596. The first-order valence-electron chi connectivity index (χ1n) is 9.11. The fourth-order valence-electron chi connectivity index (χ4n) is 3.15. The second-order valence-electron chi connectivity index (χ2n) is 6.62. The summed E-state index contributed by atoms with van der Waals surface area (Å²) in [5.41, 5.74) is 4.19. The van der Waals surface area contributed by atoms with E-state index in [9.17, 15) is 0 Å².